The van der Waals surface area contributed by atoms with Crippen molar-refractivity contribution in [3.05, 3.63) is 15.9 Å². The van der Waals surface area contributed by atoms with Gasteiger partial charge in [0.1, 0.15) is 0 Å². The van der Waals surface area contributed by atoms with Gasteiger partial charge in [-0.25, -0.2) is 0 Å². The summed E-state index contributed by atoms with van der Waals surface area (Å²) in [5.74, 6) is -0.154. The first-order valence-electron chi connectivity index (χ1n) is 7.44. The molecular weight excluding hydrogens is 352 g/mol. The van der Waals surface area contributed by atoms with Crippen molar-refractivity contribution in [3.63, 3.8) is 0 Å². The van der Waals surface area contributed by atoms with Gasteiger partial charge in [-0.05, 0) is 19.3 Å². The van der Waals surface area contributed by atoms with Crippen LogP contribution < -0.4 is 4.80 Å². The van der Waals surface area contributed by atoms with Gasteiger partial charge in [-0.1, -0.05) is 25.7 Å². The first kappa shape index (κ1) is 18.4. The van der Waals surface area contributed by atoms with E-state index >= 15 is 0 Å². The summed E-state index contributed by atoms with van der Waals surface area (Å²) in [5.41, 5.74) is 1.16. The number of ether oxygens (including phenoxy) is 1. The summed E-state index contributed by atoms with van der Waals surface area (Å²) in [7, 11) is 3.47. The van der Waals surface area contributed by atoms with E-state index in [9.17, 15) is 4.79 Å². The van der Waals surface area contributed by atoms with Crippen molar-refractivity contribution in [1.29, 1.82) is 0 Å². The minimum Gasteiger partial charge on any atom is -0.469 e. The van der Waals surface area contributed by atoms with Gasteiger partial charge in [0.05, 0.1) is 19.6 Å². The molecule has 1 aromatic rings. The van der Waals surface area contributed by atoms with Crippen molar-refractivity contribution >= 4 is 34.3 Å². The normalized spacial score (nSPS) is 17.1. The van der Waals surface area contributed by atoms with Crippen LogP contribution in [0.15, 0.2) is 10.4 Å². The number of esters is 1. The van der Waals surface area contributed by atoms with Crippen LogP contribution in [0, 0.1) is 0 Å². The molecule has 1 heterocycles. The molecule has 2 rings (SSSR count). The van der Waals surface area contributed by atoms with Crippen LogP contribution in [0.4, 0.5) is 0 Å². The SMILES string of the molecule is Br.COC(=O)CCc1csc(=NC2CCCCCC2)n1C. The number of rotatable bonds is 4. The molecule has 1 aromatic heterocycles. The fraction of sp³-hybridized carbons (Fsp3) is 0.733. The molecule has 0 atom stereocenters. The van der Waals surface area contributed by atoms with Crippen molar-refractivity contribution in [1.82, 2.24) is 4.57 Å². The maximum absolute atomic E-state index is 11.2. The topological polar surface area (TPSA) is 43.6 Å². The van der Waals surface area contributed by atoms with Crippen molar-refractivity contribution < 1.29 is 9.53 Å². The van der Waals surface area contributed by atoms with Crippen molar-refractivity contribution in [3.8, 4) is 0 Å². The van der Waals surface area contributed by atoms with Crippen LogP contribution in [0.5, 0.6) is 0 Å². The predicted octanol–water partition coefficient (Wildman–Crippen LogP) is 3.39. The van der Waals surface area contributed by atoms with E-state index in [4.69, 9.17) is 4.99 Å². The highest BCUT2D eigenvalue weighted by atomic mass is 79.9. The second-order valence-corrected chi connectivity index (χ2v) is 6.26. The second kappa shape index (κ2) is 9.41. The maximum Gasteiger partial charge on any atom is 0.305 e. The number of aryl methyl sites for hydroxylation is 1. The number of hydrogen-bond donors (Lipinski definition) is 0. The van der Waals surface area contributed by atoms with Crippen LogP contribution in [-0.4, -0.2) is 23.7 Å². The van der Waals surface area contributed by atoms with Crippen LogP contribution in [0.25, 0.3) is 0 Å². The number of nitrogens with zero attached hydrogens (tertiary/aromatic N) is 2. The quantitative estimate of drug-likeness (QED) is 0.596. The van der Waals surface area contributed by atoms with Gasteiger partial charge < -0.3 is 9.30 Å². The van der Waals surface area contributed by atoms with Gasteiger partial charge in [-0.3, -0.25) is 9.79 Å². The van der Waals surface area contributed by atoms with Gasteiger partial charge in [0, 0.05) is 18.1 Å². The van der Waals surface area contributed by atoms with E-state index in [0.717, 1.165) is 16.9 Å². The Hall–Kier alpha value is -0.620. The van der Waals surface area contributed by atoms with E-state index in [1.165, 1.54) is 45.6 Å². The zero-order valence-electron chi connectivity index (χ0n) is 12.8. The molecule has 0 radical (unpaired) electrons. The highest BCUT2D eigenvalue weighted by Crippen LogP contribution is 2.19. The molecule has 0 saturated heterocycles. The number of halogens is 1. The third-order valence-electron chi connectivity index (χ3n) is 3.95. The summed E-state index contributed by atoms with van der Waals surface area (Å²) in [5, 5.41) is 2.11. The molecule has 0 spiro atoms. The van der Waals surface area contributed by atoms with Gasteiger partial charge >= 0.3 is 5.97 Å². The zero-order valence-corrected chi connectivity index (χ0v) is 15.4. The highest BCUT2D eigenvalue weighted by Gasteiger charge is 2.12. The molecule has 0 bridgehead atoms. The molecule has 21 heavy (non-hydrogen) atoms. The molecule has 4 nitrogen and oxygen atoms in total. The standard InChI is InChI=1S/C15H24N2O2S.BrH/c1-17-13(9-10-14(18)19-2)11-20-15(17)16-12-7-5-3-4-6-8-12;/h11-12H,3-10H2,1-2H3;1H. The Morgan fingerprint density at radius 3 is 2.67 bits per heavy atom. The van der Waals surface area contributed by atoms with E-state index in [-0.39, 0.29) is 23.0 Å². The zero-order chi connectivity index (χ0) is 14.4. The second-order valence-electron chi connectivity index (χ2n) is 5.42. The molecule has 0 unspecified atom stereocenters. The molecule has 1 aliphatic carbocycles. The number of carbonyl (C=O) groups is 1. The lowest BCUT2D eigenvalue weighted by molar-refractivity contribution is -0.140. The Balaban J connectivity index is 0.00000220. The molecule has 120 valence electrons. The van der Waals surface area contributed by atoms with Crippen LogP contribution in [0.1, 0.15) is 50.6 Å². The molecule has 0 N–H and O–H groups in total. The van der Waals surface area contributed by atoms with Crippen molar-refractivity contribution in [2.75, 3.05) is 7.11 Å². The van der Waals surface area contributed by atoms with Crippen LogP contribution >= 0.6 is 28.3 Å². The Morgan fingerprint density at radius 2 is 2.05 bits per heavy atom. The molecule has 1 fully saturated rings. The van der Waals surface area contributed by atoms with Crippen molar-refractivity contribution in [2.45, 2.75) is 57.4 Å². The smallest absolute Gasteiger partial charge is 0.305 e. The largest absolute Gasteiger partial charge is 0.469 e. The number of methoxy groups -OCH3 is 1. The van der Waals surface area contributed by atoms with Crippen LogP contribution in [-0.2, 0) is 23.0 Å². The first-order chi connectivity index (χ1) is 9.70. The summed E-state index contributed by atoms with van der Waals surface area (Å²) in [6.45, 7) is 0. The van der Waals surface area contributed by atoms with E-state index in [0.29, 0.717) is 12.5 Å². The summed E-state index contributed by atoms with van der Waals surface area (Å²) >= 11 is 1.68. The van der Waals surface area contributed by atoms with Crippen LogP contribution in [0.2, 0.25) is 0 Å². The molecular formula is C15H25BrN2O2S. The van der Waals surface area contributed by atoms with Gasteiger partial charge in [0.15, 0.2) is 4.80 Å². The highest BCUT2D eigenvalue weighted by molar-refractivity contribution is 8.93. The number of aromatic nitrogens is 1. The summed E-state index contributed by atoms with van der Waals surface area (Å²) in [6.07, 6.45) is 8.91. The molecule has 0 amide bonds. The lowest BCUT2D eigenvalue weighted by Gasteiger charge is -2.07. The van der Waals surface area contributed by atoms with Gasteiger partial charge in [-0.15, -0.1) is 28.3 Å². The Bertz CT molecular complexity index is 502. The Kier molecular flexibility index (Phi) is 8.26. The molecule has 0 aliphatic heterocycles. The number of thiazole rings is 1. The fourth-order valence-electron chi connectivity index (χ4n) is 2.62. The lowest BCUT2D eigenvalue weighted by Crippen LogP contribution is -2.18. The monoisotopic (exact) mass is 376 g/mol. The average molecular weight is 377 g/mol. The molecule has 1 aliphatic rings. The third-order valence-corrected chi connectivity index (χ3v) is 4.93. The van der Waals surface area contributed by atoms with Gasteiger partial charge in [0.25, 0.3) is 0 Å². The molecule has 1 saturated carbocycles. The van der Waals surface area contributed by atoms with E-state index in [1.54, 1.807) is 11.3 Å². The fourth-order valence-corrected chi connectivity index (χ4v) is 3.62. The summed E-state index contributed by atoms with van der Waals surface area (Å²) in [6, 6.07) is 0.482. The number of carbonyl (C=O) groups excluding carboxylic acids is 1. The van der Waals surface area contributed by atoms with E-state index < -0.39 is 0 Å². The molecule has 6 heteroatoms. The lowest BCUT2D eigenvalue weighted by atomic mass is 10.1. The maximum atomic E-state index is 11.2. The third kappa shape index (κ3) is 5.58. The predicted molar refractivity (Wildman–Crippen MR) is 91.0 cm³/mol. The Labute approximate surface area is 141 Å². The van der Waals surface area contributed by atoms with E-state index in [2.05, 4.69) is 14.7 Å². The summed E-state index contributed by atoms with van der Waals surface area (Å²) < 4.78 is 6.81. The first-order valence-corrected chi connectivity index (χ1v) is 8.32. The van der Waals surface area contributed by atoms with Crippen LogP contribution in [0.3, 0.4) is 0 Å². The van der Waals surface area contributed by atoms with Gasteiger partial charge in [-0.2, -0.15) is 0 Å². The Morgan fingerprint density at radius 1 is 1.38 bits per heavy atom. The van der Waals surface area contributed by atoms with E-state index in [1.807, 2.05) is 7.05 Å². The molecule has 0 aromatic carbocycles. The average Bonchev–Trinajstić information content (AvgIpc) is 2.67. The van der Waals surface area contributed by atoms with Crippen molar-refractivity contribution in [2.24, 2.45) is 12.0 Å². The summed E-state index contributed by atoms with van der Waals surface area (Å²) in [4.78, 5) is 17.2. The minimum atomic E-state index is -0.154. The minimum absolute atomic E-state index is 0. The number of hydrogen-bond acceptors (Lipinski definition) is 4. The van der Waals surface area contributed by atoms with Gasteiger partial charge in [0.2, 0.25) is 0 Å².